The van der Waals surface area contributed by atoms with Gasteiger partial charge in [-0.3, -0.25) is 4.68 Å². The Morgan fingerprint density at radius 1 is 1.19 bits per heavy atom. The Bertz CT molecular complexity index is 940. The first kappa shape index (κ1) is 18.6. The first-order valence-corrected chi connectivity index (χ1v) is 8.85. The second-order valence-corrected chi connectivity index (χ2v) is 6.73. The Labute approximate surface area is 158 Å². The molecular weight excluding hydrogens is 344 g/mol. The first-order chi connectivity index (χ1) is 12.8. The molecule has 142 valence electrons. The van der Waals surface area contributed by atoms with Crippen molar-refractivity contribution in [1.29, 1.82) is 0 Å². The molecule has 0 fully saturated rings. The van der Waals surface area contributed by atoms with Crippen molar-refractivity contribution in [3.63, 3.8) is 0 Å². The lowest BCUT2D eigenvalue weighted by molar-refractivity contribution is 0.251. The highest BCUT2D eigenvalue weighted by Crippen LogP contribution is 2.22. The number of carbonyl (C=O) groups excluding carboxylic acids is 1. The molecule has 27 heavy (non-hydrogen) atoms. The van der Waals surface area contributed by atoms with Crippen molar-refractivity contribution in [3.8, 4) is 11.4 Å². The molecule has 0 atom stereocenters. The summed E-state index contributed by atoms with van der Waals surface area (Å²) in [6, 6.07) is 7.63. The van der Waals surface area contributed by atoms with Gasteiger partial charge >= 0.3 is 6.03 Å². The number of urea groups is 1. The molecule has 2 heterocycles. The number of nitrogens with one attached hydrogen (secondary N) is 2. The van der Waals surface area contributed by atoms with E-state index in [9.17, 15) is 4.79 Å². The molecule has 0 spiro atoms. The summed E-state index contributed by atoms with van der Waals surface area (Å²) in [5.74, 6) is 1.08. The molecule has 1 aromatic carbocycles. The zero-order valence-corrected chi connectivity index (χ0v) is 16.2. The first-order valence-electron chi connectivity index (χ1n) is 8.85. The average Bonchev–Trinajstić information content (AvgIpc) is 3.19. The number of hydrogen-bond donors (Lipinski definition) is 2. The largest absolute Gasteiger partial charge is 0.339 e. The molecule has 0 radical (unpaired) electrons. The van der Waals surface area contributed by atoms with Crippen LogP contribution < -0.4 is 10.6 Å². The topological polar surface area (TPSA) is 97.9 Å². The summed E-state index contributed by atoms with van der Waals surface area (Å²) in [5.41, 5.74) is 4.34. The number of amides is 2. The van der Waals surface area contributed by atoms with Crippen LogP contribution in [0.3, 0.4) is 0 Å². The molecule has 0 aliphatic carbocycles. The molecule has 0 bridgehead atoms. The molecule has 0 unspecified atom stereocenters. The zero-order chi connectivity index (χ0) is 19.6. The second kappa shape index (κ2) is 7.61. The molecule has 0 saturated heterocycles. The SMILES string of the molecule is Cc1nc(-c2ccc(CNC(=O)Nc3c(C)nn(C(C)C)c3C)cc2)no1. The third kappa shape index (κ3) is 4.16. The van der Waals surface area contributed by atoms with Gasteiger partial charge in [0.15, 0.2) is 0 Å². The van der Waals surface area contributed by atoms with Crippen LogP contribution in [0.15, 0.2) is 28.8 Å². The van der Waals surface area contributed by atoms with Crippen molar-refractivity contribution in [1.82, 2.24) is 25.2 Å². The molecule has 2 amide bonds. The normalized spacial score (nSPS) is 11.0. The van der Waals surface area contributed by atoms with Crippen LogP contribution in [-0.4, -0.2) is 26.0 Å². The van der Waals surface area contributed by atoms with E-state index in [1.54, 1.807) is 6.92 Å². The number of carbonyl (C=O) groups is 1. The van der Waals surface area contributed by atoms with Gasteiger partial charge in [-0.2, -0.15) is 10.1 Å². The summed E-state index contributed by atoms with van der Waals surface area (Å²) in [6.07, 6.45) is 0. The minimum atomic E-state index is -0.262. The molecule has 0 aliphatic rings. The molecule has 3 rings (SSSR count). The van der Waals surface area contributed by atoms with Gasteiger partial charge in [0.05, 0.1) is 17.1 Å². The number of aryl methyl sites for hydroxylation is 2. The van der Waals surface area contributed by atoms with Gasteiger partial charge in [-0.1, -0.05) is 29.4 Å². The second-order valence-electron chi connectivity index (χ2n) is 6.73. The molecule has 8 nitrogen and oxygen atoms in total. The Morgan fingerprint density at radius 3 is 2.44 bits per heavy atom. The maximum absolute atomic E-state index is 12.3. The van der Waals surface area contributed by atoms with Crippen LogP contribution in [-0.2, 0) is 6.54 Å². The summed E-state index contributed by atoms with van der Waals surface area (Å²) >= 11 is 0. The zero-order valence-electron chi connectivity index (χ0n) is 16.2. The van der Waals surface area contributed by atoms with Crippen LogP contribution in [0.25, 0.3) is 11.4 Å². The smallest absolute Gasteiger partial charge is 0.319 e. The van der Waals surface area contributed by atoms with Crippen LogP contribution in [0, 0.1) is 20.8 Å². The summed E-state index contributed by atoms with van der Waals surface area (Å²) < 4.78 is 6.89. The van der Waals surface area contributed by atoms with Crippen molar-refractivity contribution >= 4 is 11.7 Å². The van der Waals surface area contributed by atoms with Crippen LogP contribution in [0.4, 0.5) is 10.5 Å². The van der Waals surface area contributed by atoms with Gasteiger partial charge in [-0.05, 0) is 33.3 Å². The number of nitrogens with zero attached hydrogens (tertiary/aromatic N) is 4. The van der Waals surface area contributed by atoms with Gasteiger partial charge in [0.25, 0.3) is 0 Å². The number of hydrogen-bond acceptors (Lipinski definition) is 5. The van der Waals surface area contributed by atoms with Crippen molar-refractivity contribution in [2.24, 2.45) is 0 Å². The van der Waals surface area contributed by atoms with Crippen LogP contribution in [0.2, 0.25) is 0 Å². The molecule has 0 saturated carbocycles. The highest BCUT2D eigenvalue weighted by Gasteiger charge is 2.15. The Balaban J connectivity index is 1.60. The molecule has 8 heteroatoms. The number of benzene rings is 1. The van der Waals surface area contributed by atoms with E-state index in [0.29, 0.717) is 18.3 Å². The lowest BCUT2D eigenvalue weighted by Crippen LogP contribution is -2.28. The quantitative estimate of drug-likeness (QED) is 0.714. The Morgan fingerprint density at radius 2 is 1.89 bits per heavy atom. The third-order valence-electron chi connectivity index (χ3n) is 4.25. The van der Waals surface area contributed by atoms with E-state index in [-0.39, 0.29) is 12.1 Å². The number of anilines is 1. The minimum Gasteiger partial charge on any atom is -0.339 e. The monoisotopic (exact) mass is 368 g/mol. The van der Waals surface area contributed by atoms with Gasteiger partial charge in [0.1, 0.15) is 0 Å². The molecular formula is C19H24N6O2. The van der Waals surface area contributed by atoms with Gasteiger partial charge in [0.2, 0.25) is 11.7 Å². The highest BCUT2D eigenvalue weighted by atomic mass is 16.5. The van der Waals surface area contributed by atoms with Gasteiger partial charge in [0, 0.05) is 25.1 Å². The van der Waals surface area contributed by atoms with Crippen LogP contribution >= 0.6 is 0 Å². The van der Waals surface area contributed by atoms with Crippen molar-refractivity contribution < 1.29 is 9.32 Å². The number of aromatic nitrogens is 4. The van der Waals surface area contributed by atoms with Crippen molar-refractivity contribution in [2.45, 2.75) is 47.2 Å². The van der Waals surface area contributed by atoms with E-state index >= 15 is 0 Å². The van der Waals surface area contributed by atoms with E-state index in [1.165, 1.54) is 0 Å². The van der Waals surface area contributed by atoms with E-state index in [4.69, 9.17) is 4.52 Å². The van der Waals surface area contributed by atoms with E-state index in [2.05, 4.69) is 39.7 Å². The van der Waals surface area contributed by atoms with Gasteiger partial charge in [-0.15, -0.1) is 0 Å². The van der Waals surface area contributed by atoms with Crippen LogP contribution in [0.1, 0.15) is 42.7 Å². The van der Waals surface area contributed by atoms with Gasteiger partial charge in [-0.25, -0.2) is 4.79 Å². The Hall–Kier alpha value is -3.16. The predicted octanol–water partition coefficient (Wildman–Crippen LogP) is 3.76. The van der Waals surface area contributed by atoms with E-state index in [0.717, 1.165) is 28.2 Å². The predicted molar refractivity (Wildman–Crippen MR) is 102 cm³/mol. The summed E-state index contributed by atoms with van der Waals surface area (Å²) in [5, 5.41) is 14.1. The Kier molecular flexibility index (Phi) is 5.25. The van der Waals surface area contributed by atoms with Crippen molar-refractivity contribution in [2.75, 3.05) is 5.32 Å². The lowest BCUT2D eigenvalue weighted by atomic mass is 10.1. The fourth-order valence-corrected chi connectivity index (χ4v) is 2.87. The third-order valence-corrected chi connectivity index (χ3v) is 4.25. The standard InChI is InChI=1S/C19H24N6O2/c1-11(2)25-13(4)17(12(3)23-25)22-19(26)20-10-15-6-8-16(9-7-15)18-21-14(5)27-24-18/h6-9,11H,10H2,1-5H3,(H2,20,22,26). The summed E-state index contributed by atoms with van der Waals surface area (Å²) in [4.78, 5) is 16.5. The van der Waals surface area contributed by atoms with Crippen LogP contribution in [0.5, 0.6) is 0 Å². The molecule has 3 aromatic rings. The minimum absolute atomic E-state index is 0.240. The highest BCUT2D eigenvalue weighted by molar-refractivity contribution is 5.90. The summed E-state index contributed by atoms with van der Waals surface area (Å²) in [7, 11) is 0. The average molecular weight is 368 g/mol. The van der Waals surface area contributed by atoms with E-state index < -0.39 is 0 Å². The fourth-order valence-electron chi connectivity index (χ4n) is 2.87. The van der Waals surface area contributed by atoms with Crippen molar-refractivity contribution in [3.05, 3.63) is 47.1 Å². The van der Waals surface area contributed by atoms with E-state index in [1.807, 2.05) is 42.8 Å². The molecule has 2 N–H and O–H groups in total. The maximum atomic E-state index is 12.3. The number of rotatable bonds is 5. The fraction of sp³-hybridized carbons (Fsp3) is 0.368. The lowest BCUT2D eigenvalue weighted by Gasteiger charge is -2.10. The molecule has 0 aliphatic heterocycles. The van der Waals surface area contributed by atoms with Gasteiger partial charge < -0.3 is 15.2 Å². The summed E-state index contributed by atoms with van der Waals surface area (Å²) in [6.45, 7) is 10.1. The molecule has 2 aromatic heterocycles. The maximum Gasteiger partial charge on any atom is 0.319 e.